The van der Waals surface area contributed by atoms with Gasteiger partial charge in [-0.15, -0.1) is 0 Å². The summed E-state index contributed by atoms with van der Waals surface area (Å²) in [6.45, 7) is 3.30. The Morgan fingerprint density at radius 3 is 2.38 bits per heavy atom. The lowest BCUT2D eigenvalue weighted by atomic mass is 10.2. The van der Waals surface area contributed by atoms with Gasteiger partial charge in [-0.25, -0.2) is 4.90 Å². The maximum Gasteiger partial charge on any atom is 0.283 e. The number of halogens is 1. The number of imide groups is 1. The van der Waals surface area contributed by atoms with Crippen molar-refractivity contribution >= 4 is 40.9 Å². The lowest BCUT2D eigenvalue weighted by Gasteiger charge is -2.35. The van der Waals surface area contributed by atoms with E-state index in [9.17, 15) is 19.7 Å². The predicted octanol–water partition coefficient (Wildman–Crippen LogP) is 3.25. The highest BCUT2D eigenvalue weighted by Gasteiger charge is 2.42. The van der Waals surface area contributed by atoms with Crippen LogP contribution in [-0.4, -0.2) is 59.3 Å². The number of benzene rings is 2. The zero-order valence-corrected chi connectivity index (χ0v) is 17.9. The number of non-ortho nitro benzene ring substituents is 1. The molecule has 2 aliphatic heterocycles. The van der Waals surface area contributed by atoms with Crippen molar-refractivity contribution in [2.24, 2.45) is 0 Å². The Bertz CT molecular complexity index is 1110. The number of anilines is 1. The third-order valence-corrected chi connectivity index (χ3v) is 5.81. The average molecular weight is 453 g/mol. The summed E-state index contributed by atoms with van der Waals surface area (Å²) in [6.07, 6.45) is 4.17. The number of amides is 2. The third-order valence-electron chi connectivity index (χ3n) is 5.47. The molecule has 2 aliphatic rings. The molecule has 9 heteroatoms. The van der Waals surface area contributed by atoms with Gasteiger partial charge in [0.05, 0.1) is 10.6 Å². The maximum atomic E-state index is 13.0. The minimum Gasteiger partial charge on any atom is -0.363 e. The van der Waals surface area contributed by atoms with E-state index in [-0.39, 0.29) is 22.1 Å². The lowest BCUT2D eigenvalue weighted by molar-refractivity contribution is -0.384. The molecule has 0 aromatic heterocycles. The lowest BCUT2D eigenvalue weighted by Crippen LogP contribution is -2.47. The van der Waals surface area contributed by atoms with E-state index in [2.05, 4.69) is 17.1 Å². The number of carbonyl (C=O) groups is 2. The van der Waals surface area contributed by atoms with E-state index in [1.165, 1.54) is 24.3 Å². The summed E-state index contributed by atoms with van der Waals surface area (Å²) in [4.78, 5) is 41.2. The average Bonchev–Trinajstić information content (AvgIpc) is 3.03. The molecular formula is C23H21ClN4O4. The molecule has 0 bridgehead atoms. The van der Waals surface area contributed by atoms with E-state index in [4.69, 9.17) is 11.6 Å². The fourth-order valence-corrected chi connectivity index (χ4v) is 4.09. The van der Waals surface area contributed by atoms with Crippen LogP contribution in [-0.2, 0) is 9.59 Å². The van der Waals surface area contributed by atoms with Gasteiger partial charge in [0.1, 0.15) is 10.7 Å². The Balaban J connectivity index is 1.40. The Kier molecular flexibility index (Phi) is 6.34. The quantitative estimate of drug-likeness (QED) is 0.380. The van der Waals surface area contributed by atoms with E-state index < -0.39 is 16.7 Å². The number of hydrogen-bond donors (Lipinski definition) is 0. The van der Waals surface area contributed by atoms with Gasteiger partial charge in [0.2, 0.25) is 0 Å². The normalized spacial score (nSPS) is 17.7. The summed E-state index contributed by atoms with van der Waals surface area (Å²) in [5, 5.41) is 10.9. The Hall–Kier alpha value is -3.49. The van der Waals surface area contributed by atoms with Crippen LogP contribution in [0.3, 0.4) is 0 Å². The predicted molar refractivity (Wildman–Crippen MR) is 122 cm³/mol. The van der Waals surface area contributed by atoms with Gasteiger partial charge < -0.3 is 4.90 Å². The molecule has 0 unspecified atom stereocenters. The van der Waals surface area contributed by atoms with Crippen LogP contribution in [0.4, 0.5) is 11.4 Å². The first-order chi connectivity index (χ1) is 15.5. The zero-order chi connectivity index (χ0) is 22.7. The molecule has 164 valence electrons. The highest BCUT2D eigenvalue weighted by Crippen LogP contribution is 2.33. The van der Waals surface area contributed by atoms with Gasteiger partial charge in [-0.1, -0.05) is 60.2 Å². The van der Waals surface area contributed by atoms with Crippen LogP contribution in [0.25, 0.3) is 6.08 Å². The van der Waals surface area contributed by atoms with Crippen molar-refractivity contribution in [1.82, 2.24) is 9.80 Å². The molecule has 2 aromatic carbocycles. The van der Waals surface area contributed by atoms with Gasteiger partial charge in [-0.2, -0.15) is 0 Å². The van der Waals surface area contributed by atoms with E-state index in [0.29, 0.717) is 26.2 Å². The summed E-state index contributed by atoms with van der Waals surface area (Å²) in [5.41, 5.74) is 1.22. The fourth-order valence-electron chi connectivity index (χ4n) is 3.80. The highest BCUT2D eigenvalue weighted by molar-refractivity contribution is 6.52. The van der Waals surface area contributed by atoms with E-state index >= 15 is 0 Å². The van der Waals surface area contributed by atoms with Gasteiger partial charge >= 0.3 is 0 Å². The number of nitro benzene ring substituents is 1. The van der Waals surface area contributed by atoms with Crippen LogP contribution in [0, 0.1) is 10.1 Å². The molecule has 0 radical (unpaired) electrons. The Labute approximate surface area is 190 Å². The first-order valence-corrected chi connectivity index (χ1v) is 10.6. The van der Waals surface area contributed by atoms with Crippen molar-refractivity contribution in [2.75, 3.05) is 37.6 Å². The van der Waals surface area contributed by atoms with Crippen molar-refractivity contribution in [1.29, 1.82) is 0 Å². The molecule has 2 amide bonds. The minimum atomic E-state index is -0.666. The molecule has 1 saturated heterocycles. The number of rotatable bonds is 6. The summed E-state index contributed by atoms with van der Waals surface area (Å²) >= 11 is 6.26. The summed E-state index contributed by atoms with van der Waals surface area (Å²) in [6, 6.07) is 15.5. The van der Waals surface area contributed by atoms with Crippen molar-refractivity contribution in [3.05, 3.63) is 87.1 Å². The smallest absolute Gasteiger partial charge is 0.283 e. The van der Waals surface area contributed by atoms with Crippen LogP contribution in [0.1, 0.15) is 5.56 Å². The molecule has 8 nitrogen and oxygen atoms in total. The molecule has 1 fully saturated rings. The molecule has 0 saturated carbocycles. The molecular weight excluding hydrogens is 432 g/mol. The molecule has 32 heavy (non-hydrogen) atoms. The second kappa shape index (κ2) is 9.33. The monoisotopic (exact) mass is 452 g/mol. The Morgan fingerprint density at radius 2 is 1.69 bits per heavy atom. The summed E-state index contributed by atoms with van der Waals surface area (Å²) in [7, 11) is 0. The molecule has 2 aromatic rings. The van der Waals surface area contributed by atoms with Gasteiger partial charge in [0.25, 0.3) is 17.5 Å². The van der Waals surface area contributed by atoms with Crippen molar-refractivity contribution in [3.8, 4) is 0 Å². The van der Waals surface area contributed by atoms with Crippen molar-refractivity contribution < 1.29 is 14.5 Å². The third kappa shape index (κ3) is 4.42. The number of nitrogens with zero attached hydrogens (tertiary/aromatic N) is 4. The molecule has 2 heterocycles. The fraction of sp³-hybridized carbons (Fsp3) is 0.217. The van der Waals surface area contributed by atoms with Crippen LogP contribution in [0.5, 0.6) is 0 Å². The standard InChI is InChI=1S/C23H21ClN4O4/c24-20-21(23(30)27(22(20)29)18-9-4-10-19(16-18)28(31)32)26-14-12-25(13-15-26)11-5-8-17-6-2-1-3-7-17/h1-10,16H,11-15H2/b8-5+. The van der Waals surface area contributed by atoms with Crippen LogP contribution < -0.4 is 4.90 Å². The zero-order valence-electron chi connectivity index (χ0n) is 17.2. The maximum absolute atomic E-state index is 13.0. The Morgan fingerprint density at radius 1 is 0.969 bits per heavy atom. The second-order valence-corrected chi connectivity index (χ2v) is 7.86. The summed E-state index contributed by atoms with van der Waals surface area (Å²) < 4.78 is 0. The largest absolute Gasteiger partial charge is 0.363 e. The van der Waals surface area contributed by atoms with Gasteiger partial charge in [-0.3, -0.25) is 24.6 Å². The molecule has 0 atom stereocenters. The first kappa shape index (κ1) is 21.7. The number of carbonyl (C=O) groups excluding carboxylic acids is 2. The first-order valence-electron chi connectivity index (χ1n) is 10.2. The summed E-state index contributed by atoms with van der Waals surface area (Å²) in [5.74, 6) is -1.22. The number of hydrogen-bond acceptors (Lipinski definition) is 6. The van der Waals surface area contributed by atoms with Gasteiger partial charge in [0.15, 0.2) is 0 Å². The van der Waals surface area contributed by atoms with Gasteiger partial charge in [-0.05, 0) is 11.6 Å². The topological polar surface area (TPSA) is 87.0 Å². The molecule has 0 spiro atoms. The molecule has 0 aliphatic carbocycles. The number of nitro groups is 1. The minimum absolute atomic E-state index is 0.132. The van der Waals surface area contributed by atoms with Crippen LogP contribution in [0.15, 0.2) is 71.4 Å². The van der Waals surface area contributed by atoms with Crippen LogP contribution in [0.2, 0.25) is 0 Å². The van der Waals surface area contributed by atoms with E-state index in [1.54, 1.807) is 0 Å². The van der Waals surface area contributed by atoms with Crippen molar-refractivity contribution in [3.63, 3.8) is 0 Å². The molecule has 4 rings (SSSR count). The van der Waals surface area contributed by atoms with Crippen molar-refractivity contribution in [2.45, 2.75) is 0 Å². The van der Waals surface area contributed by atoms with Crippen LogP contribution >= 0.6 is 11.6 Å². The van der Waals surface area contributed by atoms with E-state index in [1.807, 2.05) is 35.2 Å². The highest BCUT2D eigenvalue weighted by atomic mass is 35.5. The second-order valence-electron chi connectivity index (χ2n) is 7.49. The number of piperazine rings is 1. The molecule has 0 N–H and O–H groups in total. The SMILES string of the molecule is O=C1C(Cl)=C(N2CCN(C/C=C/c3ccccc3)CC2)C(=O)N1c1cccc([N+](=O)[O-])c1. The van der Waals surface area contributed by atoms with Gasteiger partial charge in [0, 0.05) is 44.9 Å². The van der Waals surface area contributed by atoms with E-state index in [0.717, 1.165) is 17.0 Å².